The summed E-state index contributed by atoms with van der Waals surface area (Å²) in [6.07, 6.45) is 4.02. The molecule has 1 aromatic carbocycles. The van der Waals surface area contributed by atoms with Crippen molar-refractivity contribution in [3.05, 3.63) is 54.1 Å². The van der Waals surface area contributed by atoms with E-state index in [0.29, 0.717) is 6.54 Å². The van der Waals surface area contributed by atoms with Crippen LogP contribution < -0.4 is 10.5 Å². The topological polar surface area (TPSA) is 84.4 Å². The van der Waals surface area contributed by atoms with Crippen molar-refractivity contribution in [2.75, 3.05) is 0 Å². The summed E-state index contributed by atoms with van der Waals surface area (Å²) < 4.78 is 21.2. The Balaban J connectivity index is 1.51. The summed E-state index contributed by atoms with van der Waals surface area (Å²) in [5.74, 6) is 0.153. The third-order valence-electron chi connectivity index (χ3n) is 5.92. The SMILES string of the molecule is Cc1ncnc2c1ccn2[C@@H]1C[C@H](Oc2ccccc2CN)[C@H]2OC(C)(C)O[C@H]21. The first-order valence-corrected chi connectivity index (χ1v) is 10.1. The van der Waals surface area contributed by atoms with Crippen LogP contribution >= 0.6 is 0 Å². The highest BCUT2D eigenvalue weighted by Gasteiger charge is 2.56. The molecule has 2 aromatic heterocycles. The largest absolute Gasteiger partial charge is 0.487 e. The number of nitrogens with zero attached hydrogens (tertiary/aromatic N) is 3. The second-order valence-corrected chi connectivity index (χ2v) is 8.26. The monoisotopic (exact) mass is 394 g/mol. The fourth-order valence-corrected chi connectivity index (χ4v) is 4.61. The number of aromatic nitrogens is 3. The van der Waals surface area contributed by atoms with Gasteiger partial charge >= 0.3 is 0 Å². The molecule has 0 radical (unpaired) electrons. The maximum Gasteiger partial charge on any atom is 0.164 e. The lowest BCUT2D eigenvalue weighted by Crippen LogP contribution is -2.33. The minimum absolute atomic E-state index is 0.0589. The molecule has 152 valence electrons. The molecule has 7 nitrogen and oxygen atoms in total. The number of nitrogens with two attached hydrogens (primary N) is 1. The van der Waals surface area contributed by atoms with E-state index in [0.717, 1.165) is 34.5 Å². The average Bonchev–Trinajstić information content (AvgIpc) is 3.35. The lowest BCUT2D eigenvalue weighted by Gasteiger charge is -2.25. The molecule has 1 aliphatic carbocycles. The van der Waals surface area contributed by atoms with Crippen molar-refractivity contribution in [2.45, 2.75) is 63.9 Å². The summed E-state index contributed by atoms with van der Waals surface area (Å²) in [7, 11) is 0. The molecule has 5 rings (SSSR count). The van der Waals surface area contributed by atoms with Gasteiger partial charge in [-0.1, -0.05) is 18.2 Å². The number of para-hydroxylation sites is 1. The Bertz CT molecular complexity index is 1050. The molecular formula is C22H26N4O3. The number of hydrogen-bond acceptors (Lipinski definition) is 6. The summed E-state index contributed by atoms with van der Waals surface area (Å²) in [6, 6.07) is 10.0. The molecule has 0 bridgehead atoms. The van der Waals surface area contributed by atoms with Gasteiger partial charge < -0.3 is 24.5 Å². The molecule has 1 saturated heterocycles. The van der Waals surface area contributed by atoms with Gasteiger partial charge in [0.15, 0.2) is 5.79 Å². The Labute approximate surface area is 169 Å². The second kappa shape index (κ2) is 6.79. The predicted molar refractivity (Wildman–Crippen MR) is 108 cm³/mol. The molecular weight excluding hydrogens is 368 g/mol. The number of rotatable bonds is 4. The maximum atomic E-state index is 6.44. The van der Waals surface area contributed by atoms with Gasteiger partial charge in [-0.05, 0) is 32.9 Å². The van der Waals surface area contributed by atoms with E-state index < -0.39 is 5.79 Å². The lowest BCUT2D eigenvalue weighted by atomic mass is 10.2. The summed E-state index contributed by atoms with van der Waals surface area (Å²) in [5.41, 5.74) is 8.77. The standard InChI is InChI=1S/C22H26N4O3/c1-13-15-8-9-26(21(15)25-12-24-13)16-10-18(20-19(16)28-22(2,3)29-20)27-17-7-5-4-6-14(17)11-23/h4-9,12,16,18-20H,10-11,23H2,1-3H3/t16-,18+,19+,20-/m1/s1. The van der Waals surface area contributed by atoms with E-state index in [9.17, 15) is 0 Å². The molecule has 29 heavy (non-hydrogen) atoms. The van der Waals surface area contributed by atoms with Gasteiger partial charge in [0, 0.05) is 30.1 Å². The molecule has 7 heteroatoms. The van der Waals surface area contributed by atoms with Crippen molar-refractivity contribution < 1.29 is 14.2 Å². The van der Waals surface area contributed by atoms with Gasteiger partial charge in [-0.3, -0.25) is 0 Å². The van der Waals surface area contributed by atoms with E-state index in [-0.39, 0.29) is 24.4 Å². The van der Waals surface area contributed by atoms with Crippen LogP contribution in [0.3, 0.4) is 0 Å². The lowest BCUT2D eigenvalue weighted by molar-refractivity contribution is -0.163. The molecule has 1 aliphatic heterocycles. The summed E-state index contributed by atoms with van der Waals surface area (Å²) >= 11 is 0. The Kier molecular flexibility index (Phi) is 4.34. The van der Waals surface area contributed by atoms with Gasteiger partial charge in [0.1, 0.15) is 36.0 Å². The average molecular weight is 394 g/mol. The van der Waals surface area contributed by atoms with E-state index in [1.54, 1.807) is 6.33 Å². The van der Waals surface area contributed by atoms with Crippen molar-refractivity contribution >= 4 is 11.0 Å². The van der Waals surface area contributed by atoms with Gasteiger partial charge in [-0.25, -0.2) is 9.97 Å². The Hall–Kier alpha value is -2.48. The first kappa shape index (κ1) is 18.5. The van der Waals surface area contributed by atoms with Crippen LogP contribution in [0.5, 0.6) is 5.75 Å². The quantitative estimate of drug-likeness (QED) is 0.732. The Morgan fingerprint density at radius 1 is 1.17 bits per heavy atom. The first-order chi connectivity index (χ1) is 14.0. The minimum atomic E-state index is -0.656. The smallest absolute Gasteiger partial charge is 0.164 e. The van der Waals surface area contributed by atoms with Gasteiger partial charge in [-0.15, -0.1) is 0 Å². The van der Waals surface area contributed by atoms with Gasteiger partial charge in [-0.2, -0.15) is 0 Å². The molecule has 3 aromatic rings. The zero-order valence-corrected chi connectivity index (χ0v) is 16.9. The molecule has 3 heterocycles. The van der Waals surface area contributed by atoms with Crippen LogP contribution in [0.15, 0.2) is 42.9 Å². The molecule has 0 unspecified atom stereocenters. The number of benzene rings is 1. The van der Waals surface area contributed by atoms with Gasteiger partial charge in [0.05, 0.1) is 11.7 Å². The molecule has 0 spiro atoms. The van der Waals surface area contributed by atoms with E-state index in [2.05, 4.69) is 26.8 Å². The molecule has 0 amide bonds. The minimum Gasteiger partial charge on any atom is -0.487 e. The van der Waals surface area contributed by atoms with Crippen molar-refractivity contribution in [3.63, 3.8) is 0 Å². The number of hydrogen-bond donors (Lipinski definition) is 1. The van der Waals surface area contributed by atoms with Crippen molar-refractivity contribution in [3.8, 4) is 5.75 Å². The number of fused-ring (bicyclic) bond motifs is 2. The highest BCUT2D eigenvalue weighted by molar-refractivity contribution is 5.78. The molecule has 2 fully saturated rings. The normalized spacial score (nSPS) is 28.0. The predicted octanol–water partition coefficient (Wildman–Crippen LogP) is 3.11. The third kappa shape index (κ3) is 3.10. The molecule has 1 saturated carbocycles. The van der Waals surface area contributed by atoms with Crippen molar-refractivity contribution in [1.82, 2.24) is 14.5 Å². The van der Waals surface area contributed by atoms with Crippen LogP contribution in [0, 0.1) is 6.92 Å². The fourth-order valence-electron chi connectivity index (χ4n) is 4.61. The summed E-state index contributed by atoms with van der Waals surface area (Å²) in [6.45, 7) is 6.34. The molecule has 4 atom stereocenters. The van der Waals surface area contributed by atoms with Crippen LogP contribution in [0.1, 0.15) is 37.6 Å². The molecule has 2 N–H and O–H groups in total. The van der Waals surface area contributed by atoms with Gasteiger partial charge in [0.25, 0.3) is 0 Å². The van der Waals surface area contributed by atoms with Crippen LogP contribution in [-0.4, -0.2) is 38.6 Å². The van der Waals surface area contributed by atoms with Crippen LogP contribution in [-0.2, 0) is 16.0 Å². The Morgan fingerprint density at radius 3 is 2.79 bits per heavy atom. The number of ether oxygens (including phenoxy) is 3. The van der Waals surface area contributed by atoms with Gasteiger partial charge in [0.2, 0.25) is 0 Å². The number of aryl methyl sites for hydroxylation is 1. The molecule has 2 aliphatic rings. The van der Waals surface area contributed by atoms with Crippen LogP contribution in [0.4, 0.5) is 0 Å². The van der Waals surface area contributed by atoms with E-state index in [4.69, 9.17) is 19.9 Å². The van der Waals surface area contributed by atoms with E-state index >= 15 is 0 Å². The summed E-state index contributed by atoms with van der Waals surface area (Å²) in [5, 5.41) is 1.06. The zero-order valence-electron chi connectivity index (χ0n) is 16.9. The van der Waals surface area contributed by atoms with Crippen LogP contribution in [0.2, 0.25) is 0 Å². The van der Waals surface area contributed by atoms with Crippen LogP contribution in [0.25, 0.3) is 11.0 Å². The maximum absolute atomic E-state index is 6.44. The summed E-state index contributed by atoms with van der Waals surface area (Å²) in [4.78, 5) is 8.84. The van der Waals surface area contributed by atoms with E-state index in [1.165, 1.54) is 0 Å². The second-order valence-electron chi connectivity index (χ2n) is 8.26. The fraction of sp³-hybridized carbons (Fsp3) is 0.455. The van der Waals surface area contributed by atoms with Crippen molar-refractivity contribution in [2.24, 2.45) is 5.73 Å². The highest BCUT2D eigenvalue weighted by Crippen LogP contribution is 2.46. The van der Waals surface area contributed by atoms with Crippen molar-refractivity contribution in [1.29, 1.82) is 0 Å². The third-order valence-corrected chi connectivity index (χ3v) is 5.92. The highest BCUT2D eigenvalue weighted by atomic mass is 16.8. The Morgan fingerprint density at radius 2 is 1.97 bits per heavy atom. The van der Waals surface area contributed by atoms with E-state index in [1.807, 2.05) is 45.0 Å². The zero-order chi connectivity index (χ0) is 20.2. The first-order valence-electron chi connectivity index (χ1n) is 10.1.